The number of hydrogen-bond donors (Lipinski definition) is 3. The van der Waals surface area contributed by atoms with Crippen LogP contribution in [0.25, 0.3) is 0 Å². The highest BCUT2D eigenvalue weighted by Crippen LogP contribution is 1.97. The Kier molecular flexibility index (Phi) is 10.2. The van der Waals surface area contributed by atoms with Gasteiger partial charge in [0.15, 0.2) is 0 Å². The first-order valence-electron chi connectivity index (χ1n) is 3.95. The van der Waals surface area contributed by atoms with E-state index in [1.165, 1.54) is 0 Å². The van der Waals surface area contributed by atoms with Crippen molar-refractivity contribution in [2.45, 2.75) is 18.9 Å². The SMILES string of the molecule is Cl.Cl.O=C(O)CCC1CNCCN1. The first-order valence-corrected chi connectivity index (χ1v) is 3.95. The Hall–Kier alpha value is -0.0300. The van der Waals surface area contributed by atoms with Crippen LogP contribution in [-0.4, -0.2) is 36.8 Å². The molecular weight excluding hydrogens is 215 g/mol. The predicted octanol–water partition coefficient (Wildman–Crippen LogP) is 0.256. The number of halogens is 2. The smallest absolute Gasteiger partial charge is 0.303 e. The molecule has 0 aliphatic carbocycles. The fourth-order valence-electron chi connectivity index (χ4n) is 1.21. The molecule has 0 amide bonds. The first-order chi connectivity index (χ1) is 5.29. The standard InChI is InChI=1S/C7H14N2O2.2ClH/c10-7(11)2-1-6-5-8-3-4-9-6;;/h6,8-9H,1-5H2,(H,10,11);2*1H. The van der Waals surface area contributed by atoms with Crippen LogP contribution in [0.5, 0.6) is 0 Å². The van der Waals surface area contributed by atoms with Gasteiger partial charge in [-0.15, -0.1) is 24.8 Å². The highest BCUT2D eigenvalue weighted by molar-refractivity contribution is 5.85. The molecule has 3 N–H and O–H groups in total. The average molecular weight is 231 g/mol. The Labute approximate surface area is 90.3 Å². The van der Waals surface area contributed by atoms with Crippen LogP contribution in [0.4, 0.5) is 0 Å². The summed E-state index contributed by atoms with van der Waals surface area (Å²) in [6.07, 6.45) is 0.988. The number of carboxylic acids is 1. The van der Waals surface area contributed by atoms with Crippen molar-refractivity contribution in [2.75, 3.05) is 19.6 Å². The van der Waals surface area contributed by atoms with Gasteiger partial charge in [0.1, 0.15) is 0 Å². The summed E-state index contributed by atoms with van der Waals surface area (Å²) in [4.78, 5) is 10.2. The van der Waals surface area contributed by atoms with Crippen molar-refractivity contribution in [3.05, 3.63) is 0 Å². The third-order valence-corrected chi connectivity index (χ3v) is 1.83. The zero-order valence-corrected chi connectivity index (χ0v) is 8.92. The number of piperazine rings is 1. The molecule has 0 radical (unpaired) electrons. The van der Waals surface area contributed by atoms with E-state index in [0.29, 0.717) is 6.04 Å². The van der Waals surface area contributed by atoms with E-state index >= 15 is 0 Å². The molecule has 1 aliphatic rings. The zero-order chi connectivity index (χ0) is 8.10. The molecule has 4 nitrogen and oxygen atoms in total. The topological polar surface area (TPSA) is 61.4 Å². The summed E-state index contributed by atoms with van der Waals surface area (Å²) in [7, 11) is 0. The highest BCUT2D eigenvalue weighted by Gasteiger charge is 2.12. The molecule has 1 aliphatic heterocycles. The Bertz CT molecular complexity index is 140. The third-order valence-electron chi connectivity index (χ3n) is 1.83. The van der Waals surface area contributed by atoms with Gasteiger partial charge in [0.05, 0.1) is 0 Å². The van der Waals surface area contributed by atoms with Crippen LogP contribution in [0.3, 0.4) is 0 Å². The lowest BCUT2D eigenvalue weighted by Gasteiger charge is -2.23. The molecule has 0 spiro atoms. The van der Waals surface area contributed by atoms with Gasteiger partial charge in [-0.1, -0.05) is 0 Å². The summed E-state index contributed by atoms with van der Waals surface area (Å²) >= 11 is 0. The van der Waals surface area contributed by atoms with E-state index in [-0.39, 0.29) is 31.2 Å². The van der Waals surface area contributed by atoms with Crippen molar-refractivity contribution in [1.29, 1.82) is 0 Å². The molecule has 0 aromatic carbocycles. The van der Waals surface area contributed by atoms with E-state index in [2.05, 4.69) is 10.6 Å². The van der Waals surface area contributed by atoms with Crippen molar-refractivity contribution in [3.8, 4) is 0 Å². The van der Waals surface area contributed by atoms with Gasteiger partial charge in [0.25, 0.3) is 0 Å². The number of nitrogens with one attached hydrogen (secondary N) is 2. The van der Waals surface area contributed by atoms with E-state index < -0.39 is 5.97 Å². The minimum Gasteiger partial charge on any atom is -0.481 e. The van der Waals surface area contributed by atoms with E-state index in [9.17, 15) is 4.79 Å². The van der Waals surface area contributed by atoms with Crippen molar-refractivity contribution < 1.29 is 9.90 Å². The van der Waals surface area contributed by atoms with Gasteiger partial charge in [-0.25, -0.2) is 0 Å². The minimum absolute atomic E-state index is 0. The fraction of sp³-hybridized carbons (Fsp3) is 0.857. The summed E-state index contributed by atoms with van der Waals surface area (Å²) in [5.41, 5.74) is 0. The molecule has 1 fully saturated rings. The van der Waals surface area contributed by atoms with Gasteiger partial charge in [0, 0.05) is 32.1 Å². The normalized spacial score (nSPS) is 21.1. The van der Waals surface area contributed by atoms with Crippen LogP contribution >= 0.6 is 24.8 Å². The largest absolute Gasteiger partial charge is 0.481 e. The molecule has 1 atom stereocenters. The van der Waals surface area contributed by atoms with Crippen LogP contribution in [0, 0.1) is 0 Å². The second kappa shape index (κ2) is 8.56. The molecule has 0 saturated carbocycles. The van der Waals surface area contributed by atoms with E-state index in [0.717, 1.165) is 26.1 Å². The van der Waals surface area contributed by atoms with Crippen molar-refractivity contribution in [1.82, 2.24) is 10.6 Å². The maximum atomic E-state index is 10.2. The molecular formula is C7H16Cl2N2O2. The number of carboxylic acid groups (broad SMARTS) is 1. The van der Waals surface area contributed by atoms with Gasteiger partial charge in [-0.3, -0.25) is 4.79 Å². The Morgan fingerprint density at radius 1 is 1.38 bits per heavy atom. The van der Waals surface area contributed by atoms with E-state index in [1.807, 2.05) is 0 Å². The molecule has 1 heterocycles. The predicted molar refractivity (Wildman–Crippen MR) is 56.0 cm³/mol. The van der Waals surface area contributed by atoms with Gasteiger partial charge in [-0.2, -0.15) is 0 Å². The monoisotopic (exact) mass is 230 g/mol. The molecule has 1 unspecified atom stereocenters. The fourth-order valence-corrected chi connectivity index (χ4v) is 1.21. The molecule has 1 saturated heterocycles. The third kappa shape index (κ3) is 7.07. The Morgan fingerprint density at radius 2 is 2.08 bits per heavy atom. The first kappa shape index (κ1) is 15.4. The number of carbonyl (C=O) groups is 1. The summed E-state index contributed by atoms with van der Waals surface area (Å²) in [6.45, 7) is 2.83. The number of aliphatic carboxylic acids is 1. The van der Waals surface area contributed by atoms with Crippen LogP contribution in [0.2, 0.25) is 0 Å². The maximum absolute atomic E-state index is 10.2. The Morgan fingerprint density at radius 3 is 2.54 bits per heavy atom. The van der Waals surface area contributed by atoms with Gasteiger partial charge < -0.3 is 15.7 Å². The van der Waals surface area contributed by atoms with Crippen LogP contribution in [-0.2, 0) is 4.79 Å². The molecule has 80 valence electrons. The van der Waals surface area contributed by atoms with Crippen LogP contribution < -0.4 is 10.6 Å². The van der Waals surface area contributed by atoms with Gasteiger partial charge in [-0.05, 0) is 6.42 Å². The van der Waals surface area contributed by atoms with Crippen molar-refractivity contribution in [3.63, 3.8) is 0 Å². The summed E-state index contributed by atoms with van der Waals surface area (Å²) in [6, 6.07) is 0.347. The molecule has 13 heavy (non-hydrogen) atoms. The summed E-state index contributed by atoms with van der Waals surface area (Å²) in [5, 5.41) is 14.8. The summed E-state index contributed by atoms with van der Waals surface area (Å²) < 4.78 is 0. The lowest BCUT2D eigenvalue weighted by molar-refractivity contribution is -0.137. The van der Waals surface area contributed by atoms with Gasteiger partial charge in [0.2, 0.25) is 0 Å². The summed E-state index contributed by atoms with van der Waals surface area (Å²) in [5.74, 6) is -0.711. The van der Waals surface area contributed by atoms with Crippen LogP contribution in [0.15, 0.2) is 0 Å². The van der Waals surface area contributed by atoms with Crippen molar-refractivity contribution in [2.24, 2.45) is 0 Å². The molecule has 6 heteroatoms. The molecule has 0 aromatic rings. The highest BCUT2D eigenvalue weighted by atomic mass is 35.5. The second-order valence-corrected chi connectivity index (χ2v) is 2.79. The zero-order valence-electron chi connectivity index (χ0n) is 7.28. The quantitative estimate of drug-likeness (QED) is 0.651. The number of rotatable bonds is 3. The lowest BCUT2D eigenvalue weighted by Crippen LogP contribution is -2.48. The van der Waals surface area contributed by atoms with Gasteiger partial charge >= 0.3 is 5.97 Å². The Balaban J connectivity index is 0. The molecule has 0 aromatic heterocycles. The van der Waals surface area contributed by atoms with Crippen LogP contribution in [0.1, 0.15) is 12.8 Å². The van der Waals surface area contributed by atoms with E-state index in [1.54, 1.807) is 0 Å². The lowest BCUT2D eigenvalue weighted by atomic mass is 10.1. The average Bonchev–Trinajstić information content (AvgIpc) is 2.03. The van der Waals surface area contributed by atoms with Crippen molar-refractivity contribution >= 4 is 30.8 Å². The maximum Gasteiger partial charge on any atom is 0.303 e. The minimum atomic E-state index is -0.711. The van der Waals surface area contributed by atoms with E-state index in [4.69, 9.17) is 5.11 Å². The molecule has 1 rings (SSSR count). The molecule has 0 bridgehead atoms. The second-order valence-electron chi connectivity index (χ2n) is 2.79. The number of hydrogen-bond acceptors (Lipinski definition) is 3.